The molecule has 0 atom stereocenters. The van der Waals surface area contributed by atoms with Gasteiger partial charge in [0.15, 0.2) is 0 Å². The van der Waals surface area contributed by atoms with Gasteiger partial charge in [-0.05, 0) is 43.9 Å². The molecule has 2 fully saturated rings. The third-order valence-corrected chi connectivity index (χ3v) is 4.14. The summed E-state index contributed by atoms with van der Waals surface area (Å²) < 4.78 is 13.4. The van der Waals surface area contributed by atoms with Gasteiger partial charge < -0.3 is 10.2 Å². The van der Waals surface area contributed by atoms with E-state index in [1.54, 1.807) is 6.07 Å². The van der Waals surface area contributed by atoms with Crippen LogP contribution in [0.5, 0.6) is 0 Å². The van der Waals surface area contributed by atoms with Crippen LogP contribution in [0.4, 0.5) is 15.8 Å². The Morgan fingerprint density at radius 3 is 2.58 bits per heavy atom. The van der Waals surface area contributed by atoms with Crippen molar-refractivity contribution < 1.29 is 9.18 Å². The number of nitrogens with zero attached hydrogens (tertiary/aromatic N) is 1. The van der Waals surface area contributed by atoms with Crippen LogP contribution in [0.25, 0.3) is 0 Å². The van der Waals surface area contributed by atoms with Gasteiger partial charge in [-0.25, -0.2) is 4.39 Å². The summed E-state index contributed by atoms with van der Waals surface area (Å²) >= 11 is 0. The van der Waals surface area contributed by atoms with E-state index in [2.05, 4.69) is 10.2 Å². The molecular weight excluding hydrogens is 243 g/mol. The third kappa shape index (κ3) is 2.57. The van der Waals surface area contributed by atoms with Crippen molar-refractivity contribution in [3.63, 3.8) is 0 Å². The van der Waals surface area contributed by atoms with Crippen LogP contribution in [0.15, 0.2) is 18.2 Å². The number of carbonyl (C=O) groups excluding carboxylic acids is 1. The number of benzene rings is 1. The largest absolute Gasteiger partial charge is 0.370 e. The fourth-order valence-corrected chi connectivity index (χ4v) is 2.75. The standard InChI is InChI=1S/C15H19FN2O/c16-12-6-7-14(18-8-1-2-9-18)13(10-12)17-15(19)11-4-3-5-11/h6-7,10-11H,1-5,8-9H2,(H,17,19). The van der Waals surface area contributed by atoms with E-state index in [0.29, 0.717) is 5.69 Å². The maximum absolute atomic E-state index is 13.4. The molecule has 1 amide bonds. The highest BCUT2D eigenvalue weighted by Gasteiger charge is 2.26. The highest BCUT2D eigenvalue weighted by molar-refractivity contribution is 5.96. The lowest BCUT2D eigenvalue weighted by atomic mass is 9.85. The van der Waals surface area contributed by atoms with E-state index in [0.717, 1.165) is 50.9 Å². The normalized spacial score (nSPS) is 19.3. The van der Waals surface area contributed by atoms with Gasteiger partial charge in [0, 0.05) is 19.0 Å². The second kappa shape index (κ2) is 5.19. The van der Waals surface area contributed by atoms with Gasteiger partial charge in [0.05, 0.1) is 11.4 Å². The molecule has 1 aromatic carbocycles. The van der Waals surface area contributed by atoms with Crippen LogP contribution in [0, 0.1) is 11.7 Å². The van der Waals surface area contributed by atoms with Gasteiger partial charge in [-0.1, -0.05) is 6.42 Å². The molecule has 19 heavy (non-hydrogen) atoms. The van der Waals surface area contributed by atoms with E-state index < -0.39 is 0 Å². The Bertz CT molecular complexity index is 479. The van der Waals surface area contributed by atoms with Crippen LogP contribution < -0.4 is 10.2 Å². The number of hydrogen-bond donors (Lipinski definition) is 1. The molecule has 1 saturated carbocycles. The molecule has 0 bridgehead atoms. The summed E-state index contributed by atoms with van der Waals surface area (Å²) in [5.41, 5.74) is 1.57. The van der Waals surface area contributed by atoms with Crippen molar-refractivity contribution in [3.05, 3.63) is 24.0 Å². The first kappa shape index (κ1) is 12.5. The molecule has 3 rings (SSSR count). The van der Waals surface area contributed by atoms with Crippen LogP contribution in [-0.2, 0) is 4.79 Å². The average Bonchev–Trinajstić information content (AvgIpc) is 2.80. The molecule has 0 aromatic heterocycles. The Morgan fingerprint density at radius 2 is 1.95 bits per heavy atom. The second-order valence-corrected chi connectivity index (χ2v) is 5.47. The summed E-state index contributed by atoms with van der Waals surface area (Å²) in [5, 5.41) is 2.91. The maximum Gasteiger partial charge on any atom is 0.227 e. The molecule has 1 saturated heterocycles. The molecule has 0 radical (unpaired) electrons. The highest BCUT2D eigenvalue weighted by Crippen LogP contribution is 2.32. The van der Waals surface area contributed by atoms with Crippen molar-refractivity contribution in [3.8, 4) is 0 Å². The molecule has 0 spiro atoms. The monoisotopic (exact) mass is 262 g/mol. The van der Waals surface area contributed by atoms with E-state index in [1.807, 2.05) is 0 Å². The number of hydrogen-bond acceptors (Lipinski definition) is 2. The summed E-state index contributed by atoms with van der Waals surface area (Å²) in [6.07, 6.45) is 5.36. The lowest BCUT2D eigenvalue weighted by Gasteiger charge is -2.26. The lowest BCUT2D eigenvalue weighted by Crippen LogP contribution is -2.29. The first-order chi connectivity index (χ1) is 9.24. The number of halogens is 1. The molecular formula is C15H19FN2O. The minimum Gasteiger partial charge on any atom is -0.370 e. The number of anilines is 2. The van der Waals surface area contributed by atoms with Crippen molar-refractivity contribution >= 4 is 17.3 Å². The third-order valence-electron chi connectivity index (χ3n) is 4.14. The zero-order valence-corrected chi connectivity index (χ0v) is 11.0. The predicted molar refractivity (Wildman–Crippen MR) is 73.8 cm³/mol. The molecule has 1 heterocycles. The Hall–Kier alpha value is -1.58. The van der Waals surface area contributed by atoms with E-state index in [1.165, 1.54) is 12.1 Å². The van der Waals surface area contributed by atoms with Gasteiger partial charge in [0.25, 0.3) is 0 Å². The Labute approximate surface area is 112 Å². The average molecular weight is 262 g/mol. The van der Waals surface area contributed by atoms with Crippen LogP contribution >= 0.6 is 0 Å². The van der Waals surface area contributed by atoms with Gasteiger partial charge in [-0.2, -0.15) is 0 Å². The number of nitrogens with one attached hydrogen (secondary N) is 1. The van der Waals surface area contributed by atoms with Gasteiger partial charge in [0.2, 0.25) is 5.91 Å². The van der Waals surface area contributed by atoms with Crippen molar-refractivity contribution in [2.75, 3.05) is 23.3 Å². The minimum absolute atomic E-state index is 0.0392. The van der Waals surface area contributed by atoms with Crippen molar-refractivity contribution in [2.24, 2.45) is 5.92 Å². The van der Waals surface area contributed by atoms with Crippen LogP contribution in [0.2, 0.25) is 0 Å². The minimum atomic E-state index is -0.299. The Balaban J connectivity index is 1.81. The smallest absolute Gasteiger partial charge is 0.227 e. The van der Waals surface area contributed by atoms with Crippen LogP contribution in [0.1, 0.15) is 32.1 Å². The molecule has 1 aromatic rings. The zero-order chi connectivity index (χ0) is 13.2. The molecule has 1 aliphatic carbocycles. The molecule has 102 valence electrons. The van der Waals surface area contributed by atoms with Gasteiger partial charge in [-0.3, -0.25) is 4.79 Å². The summed E-state index contributed by atoms with van der Waals surface area (Å²) in [7, 11) is 0. The van der Waals surface area contributed by atoms with Gasteiger partial charge in [0.1, 0.15) is 5.82 Å². The number of carbonyl (C=O) groups is 1. The second-order valence-electron chi connectivity index (χ2n) is 5.47. The quantitative estimate of drug-likeness (QED) is 0.907. The van der Waals surface area contributed by atoms with Crippen molar-refractivity contribution in [1.29, 1.82) is 0 Å². The summed E-state index contributed by atoms with van der Waals surface area (Å²) in [4.78, 5) is 14.2. The maximum atomic E-state index is 13.4. The number of rotatable bonds is 3. The first-order valence-electron chi connectivity index (χ1n) is 7.09. The lowest BCUT2D eigenvalue weighted by molar-refractivity contribution is -0.122. The first-order valence-corrected chi connectivity index (χ1v) is 7.09. The number of amides is 1. The SMILES string of the molecule is O=C(Nc1cc(F)ccc1N1CCCC1)C1CCC1. The topological polar surface area (TPSA) is 32.3 Å². The fraction of sp³-hybridized carbons (Fsp3) is 0.533. The highest BCUT2D eigenvalue weighted by atomic mass is 19.1. The predicted octanol–water partition coefficient (Wildman–Crippen LogP) is 3.16. The van der Waals surface area contributed by atoms with Crippen LogP contribution in [-0.4, -0.2) is 19.0 Å². The van der Waals surface area contributed by atoms with E-state index in [-0.39, 0.29) is 17.6 Å². The molecule has 3 nitrogen and oxygen atoms in total. The molecule has 4 heteroatoms. The van der Waals surface area contributed by atoms with Crippen molar-refractivity contribution in [2.45, 2.75) is 32.1 Å². The molecule has 1 N–H and O–H groups in total. The summed E-state index contributed by atoms with van der Waals surface area (Å²) in [6.45, 7) is 1.97. The van der Waals surface area contributed by atoms with E-state index >= 15 is 0 Å². The molecule has 2 aliphatic rings. The zero-order valence-electron chi connectivity index (χ0n) is 11.0. The van der Waals surface area contributed by atoms with E-state index in [9.17, 15) is 9.18 Å². The van der Waals surface area contributed by atoms with Gasteiger partial charge >= 0.3 is 0 Å². The Morgan fingerprint density at radius 1 is 1.21 bits per heavy atom. The van der Waals surface area contributed by atoms with Gasteiger partial charge in [-0.15, -0.1) is 0 Å². The fourth-order valence-electron chi connectivity index (χ4n) is 2.75. The summed E-state index contributed by atoms with van der Waals surface area (Å²) in [6, 6.07) is 4.67. The van der Waals surface area contributed by atoms with E-state index in [4.69, 9.17) is 0 Å². The van der Waals surface area contributed by atoms with Crippen molar-refractivity contribution in [1.82, 2.24) is 0 Å². The molecule has 0 unspecified atom stereocenters. The van der Waals surface area contributed by atoms with Crippen LogP contribution in [0.3, 0.4) is 0 Å². The molecule has 1 aliphatic heterocycles. The summed E-state index contributed by atoms with van der Waals surface area (Å²) in [5.74, 6) is -0.140. The Kier molecular flexibility index (Phi) is 3.40.